The second-order valence-electron chi connectivity index (χ2n) is 5.37. The average molecular weight is 278 g/mol. The number of amides is 1. The summed E-state index contributed by atoms with van der Waals surface area (Å²) < 4.78 is 5.35. The maximum atomic E-state index is 12.2. The number of hydrogen-bond donors (Lipinski definition) is 1. The number of nitrogens with zero attached hydrogens (tertiary/aromatic N) is 1. The Bertz CT molecular complexity index is 795. The molecule has 0 saturated heterocycles. The van der Waals surface area contributed by atoms with Crippen molar-refractivity contribution in [3.8, 4) is 0 Å². The van der Waals surface area contributed by atoms with Gasteiger partial charge in [0.05, 0.1) is 23.7 Å². The Hall–Kier alpha value is -2.62. The second-order valence-corrected chi connectivity index (χ2v) is 5.37. The van der Waals surface area contributed by atoms with Crippen molar-refractivity contribution in [3.63, 3.8) is 0 Å². The quantitative estimate of drug-likeness (QED) is 0.796. The maximum absolute atomic E-state index is 12.2. The summed E-state index contributed by atoms with van der Waals surface area (Å²) in [6.45, 7) is 0. The molecule has 2 unspecified atom stereocenters. The van der Waals surface area contributed by atoms with Crippen LogP contribution >= 0.6 is 0 Å². The molecule has 104 valence electrons. The average Bonchev–Trinajstić information content (AvgIpc) is 3.13. The number of nitrogens with one attached hydrogen (secondary N) is 1. The third-order valence-corrected chi connectivity index (χ3v) is 3.89. The minimum atomic E-state index is 0.00243. The minimum absolute atomic E-state index is 0.00243. The van der Waals surface area contributed by atoms with Gasteiger partial charge < -0.3 is 9.73 Å². The van der Waals surface area contributed by atoms with Gasteiger partial charge in [-0.1, -0.05) is 18.2 Å². The van der Waals surface area contributed by atoms with E-state index in [9.17, 15) is 4.79 Å². The third-order valence-electron chi connectivity index (χ3n) is 3.89. The number of anilines is 1. The van der Waals surface area contributed by atoms with E-state index in [1.54, 1.807) is 12.5 Å². The van der Waals surface area contributed by atoms with Crippen molar-refractivity contribution >= 4 is 22.5 Å². The van der Waals surface area contributed by atoms with Gasteiger partial charge in [-0.2, -0.15) is 0 Å². The number of pyridine rings is 1. The zero-order valence-electron chi connectivity index (χ0n) is 11.3. The summed E-state index contributed by atoms with van der Waals surface area (Å²) >= 11 is 0. The highest BCUT2D eigenvalue weighted by Gasteiger charge is 2.45. The molecule has 1 aliphatic rings. The molecular formula is C17H14N2O2. The predicted octanol–water partition coefficient (Wildman–Crippen LogP) is 3.57. The Kier molecular flexibility index (Phi) is 2.74. The number of carbonyl (C=O) groups is 1. The van der Waals surface area contributed by atoms with Crippen molar-refractivity contribution in [2.24, 2.45) is 5.92 Å². The Balaban J connectivity index is 1.49. The molecule has 2 aromatic heterocycles. The van der Waals surface area contributed by atoms with Gasteiger partial charge in [-0.05, 0) is 30.7 Å². The number of rotatable bonds is 3. The largest absolute Gasteiger partial charge is 0.469 e. The van der Waals surface area contributed by atoms with Gasteiger partial charge in [0.2, 0.25) is 5.91 Å². The summed E-state index contributed by atoms with van der Waals surface area (Å²) in [6, 6.07) is 13.6. The van der Waals surface area contributed by atoms with E-state index >= 15 is 0 Å². The number of aromatic nitrogens is 1. The van der Waals surface area contributed by atoms with Crippen molar-refractivity contribution in [2.75, 3.05) is 5.32 Å². The number of para-hydroxylation sites is 1. The lowest BCUT2D eigenvalue weighted by Gasteiger charge is -2.05. The topological polar surface area (TPSA) is 55.1 Å². The number of benzene rings is 1. The Morgan fingerprint density at radius 2 is 2.14 bits per heavy atom. The van der Waals surface area contributed by atoms with Gasteiger partial charge in [0.1, 0.15) is 5.76 Å². The highest BCUT2D eigenvalue weighted by atomic mass is 16.3. The van der Waals surface area contributed by atoms with Crippen LogP contribution in [0, 0.1) is 5.92 Å². The molecule has 2 atom stereocenters. The molecule has 1 amide bonds. The van der Waals surface area contributed by atoms with Gasteiger partial charge in [0, 0.05) is 17.2 Å². The van der Waals surface area contributed by atoms with Crippen LogP contribution in [0.15, 0.2) is 59.3 Å². The fourth-order valence-electron chi connectivity index (χ4n) is 2.68. The van der Waals surface area contributed by atoms with Gasteiger partial charge in [-0.15, -0.1) is 0 Å². The highest BCUT2D eigenvalue weighted by Crippen LogP contribution is 2.48. The molecule has 1 aliphatic carbocycles. The van der Waals surface area contributed by atoms with Crippen LogP contribution < -0.4 is 5.32 Å². The van der Waals surface area contributed by atoms with Crippen LogP contribution in [0.2, 0.25) is 0 Å². The molecule has 4 nitrogen and oxygen atoms in total. The predicted molar refractivity (Wildman–Crippen MR) is 79.9 cm³/mol. The van der Waals surface area contributed by atoms with Crippen molar-refractivity contribution < 1.29 is 9.21 Å². The van der Waals surface area contributed by atoms with Crippen LogP contribution in [0.4, 0.5) is 5.69 Å². The highest BCUT2D eigenvalue weighted by molar-refractivity contribution is 5.96. The molecule has 21 heavy (non-hydrogen) atoms. The minimum Gasteiger partial charge on any atom is -0.469 e. The fraction of sp³-hybridized carbons (Fsp3) is 0.176. The molecule has 1 N–H and O–H groups in total. The first-order valence-electron chi connectivity index (χ1n) is 7.00. The van der Waals surface area contributed by atoms with Crippen LogP contribution in [-0.4, -0.2) is 10.9 Å². The normalized spacial score (nSPS) is 20.4. The number of furan rings is 1. The van der Waals surface area contributed by atoms with Gasteiger partial charge in [-0.3, -0.25) is 9.78 Å². The van der Waals surface area contributed by atoms with Crippen LogP contribution in [0.5, 0.6) is 0 Å². The van der Waals surface area contributed by atoms with Crippen LogP contribution in [0.25, 0.3) is 10.9 Å². The first-order valence-corrected chi connectivity index (χ1v) is 7.00. The molecule has 2 heterocycles. The summed E-state index contributed by atoms with van der Waals surface area (Å²) in [6.07, 6.45) is 4.20. The summed E-state index contributed by atoms with van der Waals surface area (Å²) in [5, 5.41) is 3.97. The summed E-state index contributed by atoms with van der Waals surface area (Å²) in [5.74, 6) is 1.15. The number of carbonyl (C=O) groups excluding carboxylic acids is 1. The second kappa shape index (κ2) is 4.74. The van der Waals surface area contributed by atoms with E-state index in [0.29, 0.717) is 0 Å². The summed E-state index contributed by atoms with van der Waals surface area (Å²) in [5.41, 5.74) is 1.67. The molecule has 4 heteroatoms. The van der Waals surface area contributed by atoms with Crippen molar-refractivity contribution in [3.05, 3.63) is 60.7 Å². The van der Waals surface area contributed by atoms with E-state index < -0.39 is 0 Å². The lowest BCUT2D eigenvalue weighted by atomic mass is 10.2. The maximum Gasteiger partial charge on any atom is 0.228 e. The number of fused-ring (bicyclic) bond motifs is 1. The lowest BCUT2D eigenvalue weighted by molar-refractivity contribution is -0.117. The van der Waals surface area contributed by atoms with E-state index in [1.165, 1.54) is 0 Å². The Labute approximate surface area is 121 Å². The van der Waals surface area contributed by atoms with Gasteiger partial charge >= 0.3 is 0 Å². The molecule has 0 bridgehead atoms. The van der Waals surface area contributed by atoms with Gasteiger partial charge in [-0.25, -0.2) is 0 Å². The standard InChI is InChI=1S/C17H14N2O2/c20-17(14-9-13(14)16-6-3-7-21-16)19-12-8-11-4-1-2-5-15(11)18-10-12/h1-8,10,13-14H,9H2,(H,19,20). The summed E-state index contributed by atoms with van der Waals surface area (Å²) in [4.78, 5) is 16.6. The lowest BCUT2D eigenvalue weighted by Crippen LogP contribution is -2.14. The fourth-order valence-corrected chi connectivity index (χ4v) is 2.68. The molecule has 1 saturated carbocycles. The van der Waals surface area contributed by atoms with Crippen LogP contribution in [-0.2, 0) is 4.79 Å². The van der Waals surface area contributed by atoms with Gasteiger partial charge in [0.25, 0.3) is 0 Å². The summed E-state index contributed by atoms with van der Waals surface area (Å²) in [7, 11) is 0. The van der Waals surface area contributed by atoms with Gasteiger partial charge in [0.15, 0.2) is 0 Å². The van der Waals surface area contributed by atoms with E-state index in [1.807, 2.05) is 42.5 Å². The van der Waals surface area contributed by atoms with Crippen LogP contribution in [0.3, 0.4) is 0 Å². The monoisotopic (exact) mass is 278 g/mol. The van der Waals surface area contributed by atoms with E-state index in [-0.39, 0.29) is 17.7 Å². The molecule has 0 spiro atoms. The molecule has 0 radical (unpaired) electrons. The Morgan fingerprint density at radius 3 is 3.00 bits per heavy atom. The SMILES string of the molecule is O=C(Nc1cnc2ccccc2c1)C1CC1c1ccco1. The zero-order chi connectivity index (χ0) is 14.2. The molecule has 3 aromatic rings. The smallest absolute Gasteiger partial charge is 0.228 e. The number of hydrogen-bond acceptors (Lipinski definition) is 3. The van der Waals surface area contributed by atoms with Crippen molar-refractivity contribution in [1.29, 1.82) is 0 Å². The van der Waals surface area contributed by atoms with E-state index in [0.717, 1.165) is 28.8 Å². The first kappa shape index (κ1) is 12.1. The van der Waals surface area contributed by atoms with Crippen molar-refractivity contribution in [2.45, 2.75) is 12.3 Å². The zero-order valence-corrected chi connectivity index (χ0v) is 11.3. The molecule has 0 aliphatic heterocycles. The Morgan fingerprint density at radius 1 is 1.24 bits per heavy atom. The first-order chi connectivity index (χ1) is 10.3. The van der Waals surface area contributed by atoms with E-state index in [4.69, 9.17) is 4.42 Å². The van der Waals surface area contributed by atoms with Crippen molar-refractivity contribution in [1.82, 2.24) is 4.98 Å². The molecule has 4 rings (SSSR count). The van der Waals surface area contributed by atoms with Crippen LogP contribution in [0.1, 0.15) is 18.1 Å². The van der Waals surface area contributed by atoms with E-state index in [2.05, 4.69) is 10.3 Å². The molecule has 1 fully saturated rings. The molecule has 1 aromatic carbocycles. The third kappa shape index (κ3) is 2.29. The molecular weight excluding hydrogens is 264 g/mol.